The van der Waals surface area contributed by atoms with Gasteiger partial charge in [-0.3, -0.25) is 9.59 Å². The molecule has 2 rings (SSSR count). The molecule has 7 heteroatoms. The van der Waals surface area contributed by atoms with Crippen molar-refractivity contribution in [2.24, 2.45) is 5.92 Å². The van der Waals surface area contributed by atoms with Crippen LogP contribution in [0.4, 0.5) is 0 Å². The van der Waals surface area contributed by atoms with E-state index in [2.05, 4.69) is 0 Å². The highest BCUT2D eigenvalue weighted by Crippen LogP contribution is 2.04. The average molecular weight is 316 g/mol. The molecule has 128 valence electrons. The van der Waals surface area contributed by atoms with Crippen molar-refractivity contribution in [2.45, 2.75) is 26.9 Å². The van der Waals surface area contributed by atoms with E-state index >= 15 is 0 Å². The predicted molar refractivity (Wildman–Crippen MR) is 81.3 cm³/mol. The first kappa shape index (κ1) is 18.9. The number of aliphatic hydroxyl groups excluding tert-OH is 1. The zero-order chi connectivity index (χ0) is 16.5. The van der Waals surface area contributed by atoms with Crippen LogP contribution in [-0.2, 0) is 19.1 Å². The first-order chi connectivity index (χ1) is 10.4. The summed E-state index contributed by atoms with van der Waals surface area (Å²) in [5, 5.41) is 8.94. The Labute approximate surface area is 132 Å². The van der Waals surface area contributed by atoms with Gasteiger partial charge in [-0.1, -0.05) is 13.8 Å². The van der Waals surface area contributed by atoms with E-state index in [0.29, 0.717) is 39.5 Å². The van der Waals surface area contributed by atoms with E-state index in [9.17, 15) is 9.59 Å². The van der Waals surface area contributed by atoms with Gasteiger partial charge < -0.3 is 24.4 Å². The second-order valence-electron chi connectivity index (χ2n) is 5.71. The quantitative estimate of drug-likeness (QED) is 0.758. The summed E-state index contributed by atoms with van der Waals surface area (Å²) in [7, 11) is 0. The summed E-state index contributed by atoms with van der Waals surface area (Å²) in [6.07, 6.45) is -0.881. The second kappa shape index (κ2) is 9.76. The van der Waals surface area contributed by atoms with Crippen molar-refractivity contribution in [1.82, 2.24) is 9.80 Å². The fourth-order valence-electron chi connectivity index (χ4n) is 2.20. The SMILES string of the molecule is CC(C)C(=O)N1CCOCC1.C[C@H](O)C(=O)N1CCOCC1. The Morgan fingerprint density at radius 1 is 0.818 bits per heavy atom. The molecule has 0 saturated carbocycles. The standard InChI is InChI=1S/C8H15NO2.C7H13NO3/c1-7(2)8(10)9-3-5-11-6-4-9;1-6(9)7(10)8-2-4-11-5-3-8/h7H,3-6H2,1-2H3;6,9H,2-5H2,1H3/t;6-/m.0/s1. The molecule has 0 aromatic rings. The fraction of sp³-hybridized carbons (Fsp3) is 0.867. The number of amides is 2. The van der Waals surface area contributed by atoms with Crippen LogP contribution >= 0.6 is 0 Å². The number of ether oxygens (including phenoxy) is 2. The topological polar surface area (TPSA) is 79.3 Å². The summed E-state index contributed by atoms with van der Waals surface area (Å²) in [4.78, 5) is 26.0. The average Bonchev–Trinajstić information content (AvgIpc) is 2.55. The van der Waals surface area contributed by atoms with Crippen LogP contribution in [0.2, 0.25) is 0 Å². The van der Waals surface area contributed by atoms with Crippen molar-refractivity contribution < 1.29 is 24.2 Å². The predicted octanol–water partition coefficient (Wildman–Crippen LogP) is -0.273. The third-order valence-corrected chi connectivity index (χ3v) is 3.50. The van der Waals surface area contributed by atoms with E-state index in [1.165, 1.54) is 6.92 Å². The van der Waals surface area contributed by atoms with Crippen molar-refractivity contribution in [2.75, 3.05) is 52.6 Å². The van der Waals surface area contributed by atoms with E-state index in [1.807, 2.05) is 18.7 Å². The molecular weight excluding hydrogens is 288 g/mol. The molecule has 2 aliphatic rings. The highest BCUT2D eigenvalue weighted by atomic mass is 16.5. The number of carbonyl (C=O) groups is 2. The van der Waals surface area contributed by atoms with Crippen LogP contribution in [0.5, 0.6) is 0 Å². The third kappa shape index (κ3) is 6.29. The van der Waals surface area contributed by atoms with Gasteiger partial charge in [-0.2, -0.15) is 0 Å². The monoisotopic (exact) mass is 316 g/mol. The van der Waals surface area contributed by atoms with Gasteiger partial charge in [0.25, 0.3) is 5.91 Å². The molecule has 1 atom stereocenters. The van der Waals surface area contributed by atoms with Crippen LogP contribution in [0.1, 0.15) is 20.8 Å². The molecule has 0 spiro atoms. The molecule has 7 nitrogen and oxygen atoms in total. The molecule has 2 amide bonds. The van der Waals surface area contributed by atoms with Crippen molar-refractivity contribution in [1.29, 1.82) is 0 Å². The summed E-state index contributed by atoms with van der Waals surface area (Å²) < 4.78 is 10.2. The molecule has 2 aliphatic heterocycles. The molecule has 0 bridgehead atoms. The minimum absolute atomic E-state index is 0.119. The molecule has 1 N–H and O–H groups in total. The number of morpholine rings is 2. The van der Waals surface area contributed by atoms with Crippen LogP contribution in [0.3, 0.4) is 0 Å². The van der Waals surface area contributed by atoms with E-state index in [1.54, 1.807) is 4.90 Å². The first-order valence-electron chi connectivity index (χ1n) is 7.84. The van der Waals surface area contributed by atoms with E-state index in [-0.39, 0.29) is 17.7 Å². The molecule has 0 aromatic heterocycles. The smallest absolute Gasteiger partial charge is 0.251 e. The summed E-state index contributed by atoms with van der Waals surface area (Å²) in [5.74, 6) is 0.162. The van der Waals surface area contributed by atoms with Gasteiger partial charge in [-0.15, -0.1) is 0 Å². The lowest BCUT2D eigenvalue weighted by Crippen LogP contribution is -2.44. The van der Waals surface area contributed by atoms with Gasteiger partial charge in [0.1, 0.15) is 6.10 Å². The minimum Gasteiger partial charge on any atom is -0.384 e. The van der Waals surface area contributed by atoms with E-state index in [4.69, 9.17) is 14.6 Å². The highest BCUT2D eigenvalue weighted by molar-refractivity contribution is 5.80. The zero-order valence-electron chi connectivity index (χ0n) is 13.8. The van der Waals surface area contributed by atoms with Crippen molar-refractivity contribution >= 4 is 11.8 Å². The van der Waals surface area contributed by atoms with Crippen LogP contribution in [0, 0.1) is 5.92 Å². The van der Waals surface area contributed by atoms with Gasteiger partial charge in [-0.25, -0.2) is 0 Å². The van der Waals surface area contributed by atoms with E-state index < -0.39 is 6.10 Å². The van der Waals surface area contributed by atoms with Crippen molar-refractivity contribution in [3.8, 4) is 0 Å². The summed E-state index contributed by atoms with van der Waals surface area (Å²) in [6.45, 7) is 10.6. The lowest BCUT2D eigenvalue weighted by atomic mass is 10.2. The van der Waals surface area contributed by atoms with Gasteiger partial charge in [-0.05, 0) is 6.92 Å². The molecule has 0 aromatic carbocycles. The third-order valence-electron chi connectivity index (χ3n) is 3.50. The molecule has 22 heavy (non-hydrogen) atoms. The second-order valence-corrected chi connectivity index (χ2v) is 5.71. The number of hydrogen-bond donors (Lipinski definition) is 1. The van der Waals surface area contributed by atoms with Gasteiger partial charge >= 0.3 is 0 Å². The van der Waals surface area contributed by atoms with Gasteiger partial charge in [0.2, 0.25) is 5.91 Å². The Bertz CT molecular complexity index is 314. The van der Waals surface area contributed by atoms with Crippen molar-refractivity contribution in [3.63, 3.8) is 0 Å². The van der Waals surface area contributed by atoms with Gasteiger partial charge in [0, 0.05) is 32.1 Å². The number of aliphatic hydroxyl groups is 1. The van der Waals surface area contributed by atoms with Crippen LogP contribution in [0.15, 0.2) is 0 Å². The number of carbonyl (C=O) groups excluding carboxylic acids is 2. The summed E-state index contributed by atoms with van der Waals surface area (Å²) in [5.41, 5.74) is 0. The maximum Gasteiger partial charge on any atom is 0.251 e. The number of nitrogens with zero attached hydrogens (tertiary/aromatic N) is 2. The molecular formula is C15H28N2O5. The maximum atomic E-state index is 11.4. The Balaban J connectivity index is 0.000000220. The van der Waals surface area contributed by atoms with Crippen LogP contribution in [0.25, 0.3) is 0 Å². The molecule has 0 aliphatic carbocycles. The summed E-state index contributed by atoms with van der Waals surface area (Å²) >= 11 is 0. The van der Waals surface area contributed by atoms with Gasteiger partial charge in [0.15, 0.2) is 0 Å². The fourth-order valence-corrected chi connectivity index (χ4v) is 2.20. The Hall–Kier alpha value is -1.18. The van der Waals surface area contributed by atoms with Gasteiger partial charge in [0.05, 0.1) is 26.4 Å². The molecule has 0 unspecified atom stereocenters. The van der Waals surface area contributed by atoms with Crippen LogP contribution < -0.4 is 0 Å². The molecule has 2 saturated heterocycles. The van der Waals surface area contributed by atoms with Crippen molar-refractivity contribution in [3.05, 3.63) is 0 Å². The Morgan fingerprint density at radius 3 is 1.50 bits per heavy atom. The molecule has 2 fully saturated rings. The lowest BCUT2D eigenvalue weighted by molar-refractivity contribution is -0.143. The minimum atomic E-state index is -0.881. The van der Waals surface area contributed by atoms with E-state index in [0.717, 1.165) is 13.1 Å². The number of rotatable bonds is 2. The first-order valence-corrected chi connectivity index (χ1v) is 7.84. The molecule has 2 heterocycles. The highest BCUT2D eigenvalue weighted by Gasteiger charge is 2.20. The maximum absolute atomic E-state index is 11.4. The summed E-state index contributed by atoms with van der Waals surface area (Å²) in [6, 6.07) is 0. The Morgan fingerprint density at radius 2 is 1.18 bits per heavy atom. The molecule has 0 radical (unpaired) electrons. The Kier molecular flexibility index (Phi) is 8.37. The van der Waals surface area contributed by atoms with Crippen LogP contribution in [-0.4, -0.2) is 85.4 Å². The number of hydrogen-bond acceptors (Lipinski definition) is 5. The normalized spacial score (nSPS) is 20.2. The lowest BCUT2D eigenvalue weighted by Gasteiger charge is -2.28. The zero-order valence-corrected chi connectivity index (χ0v) is 13.8. The largest absolute Gasteiger partial charge is 0.384 e.